The molecular formula is B104. The molecule has 0 heterocycles. The Morgan fingerprint density at radius 2 is 0.115 bits per heavy atom. The van der Waals surface area contributed by atoms with E-state index in [4.69, 9.17) is 410 Å². The van der Waals surface area contributed by atoms with E-state index in [9.17, 15) is 0 Å². The van der Waals surface area contributed by atoms with Crippen LogP contribution in [0.25, 0.3) is 0 Å². The lowest BCUT2D eigenvalue weighted by Crippen LogP contribution is -3.01. The summed E-state index contributed by atoms with van der Waals surface area (Å²) in [6.45, 7) is 0. The Morgan fingerprint density at radius 1 is 0.0577 bits per heavy atom. The van der Waals surface area contributed by atoms with E-state index >= 15 is 0 Å². The number of hydrogen-bond donors (Lipinski definition) is 0. The molecule has 0 aromatic carbocycles. The number of rotatable bonds is 50. The van der Waals surface area contributed by atoms with Gasteiger partial charge in [0.2, 0.25) is 0 Å². The van der Waals surface area contributed by atoms with Gasteiger partial charge in [-0.2, -0.15) is 0 Å². The number of hydrogen-bond acceptors (Lipinski definition) is 0. The predicted octanol–water partition coefficient (Wildman–Crippen LogP) is -39.6. The van der Waals surface area contributed by atoms with Crippen LogP contribution in [0, 0.1) is 0 Å². The second-order valence-electron chi connectivity index (χ2n) is 29.4. The fourth-order valence-electron chi connectivity index (χ4n) is 18.7. The zero-order valence-electron chi connectivity index (χ0n) is 60.0. The molecule has 0 aromatic rings. The van der Waals surface area contributed by atoms with Crippen LogP contribution in [-0.4, -0.2) is 736 Å². The molecule has 0 aliphatic heterocycles. The third-order valence-electron chi connectivity index (χ3n) is 22.2. The predicted molar refractivity (Wildman–Crippen MR) is 598 cm³/mol. The molecule has 0 aliphatic carbocycles. The Morgan fingerprint density at radius 3 is 0.173 bits per heavy atom. The van der Waals surface area contributed by atoms with Gasteiger partial charge in [0, 0.05) is 736 Å². The maximum Gasteiger partial charge on any atom is 0 e. The zero-order valence-corrected chi connectivity index (χ0v) is 60.0. The van der Waals surface area contributed by atoms with Crippen LogP contribution >= 0.6 is 0 Å². The Labute approximate surface area is 728 Å². The molecule has 0 saturated carbocycles. The molecule has 0 fully saturated rings. The first-order valence-corrected chi connectivity index (χ1v) is 34.3. The largest absolute Gasteiger partial charge is 0 e. The van der Waals surface area contributed by atoms with E-state index in [1.165, 1.54) is 0 Å². The molecule has 104 heteroatoms. The third-order valence-corrected chi connectivity index (χ3v) is 22.2. The Bertz CT molecular complexity index is 1770. The zero-order chi connectivity index (χ0) is 82.4. The fraction of sp³-hybridized carbons (Fsp3) is 0. The van der Waals surface area contributed by atoms with Gasteiger partial charge in [-0.15, -0.1) is 0 Å². The van der Waals surface area contributed by atoms with Crippen molar-refractivity contribution in [3.05, 3.63) is 0 Å². The molecule has 0 bridgehead atoms. The summed E-state index contributed by atoms with van der Waals surface area (Å²) >= 11 is 0. The van der Waals surface area contributed by atoms with Crippen LogP contribution in [0.2, 0.25) is 0 Å². The van der Waals surface area contributed by atoms with Crippen molar-refractivity contribution in [1.82, 2.24) is 0 Å². The van der Waals surface area contributed by atoms with Gasteiger partial charge in [0.05, 0.1) is 0 Å². The molecule has 0 aliphatic rings. The summed E-state index contributed by atoms with van der Waals surface area (Å²) in [7, 11) is 379. The first-order chi connectivity index (χ1) is 47.3. The van der Waals surface area contributed by atoms with Gasteiger partial charge < -0.3 is 0 Å². The lowest BCUT2D eigenvalue weighted by atomic mass is 8.18. The quantitative estimate of drug-likeness (QED) is 0.0533. The second kappa shape index (κ2) is 50.9. The first kappa shape index (κ1) is 111. The van der Waals surface area contributed by atoms with Crippen molar-refractivity contribution >= 4 is 736 Å². The smallest absolute Gasteiger partial charge is 0 e. The summed E-state index contributed by atoms with van der Waals surface area (Å²) in [4.78, 5) is 0. The molecule has 312 valence electrons. The average molecular weight is 1120 g/mol. The molecule has 106 radical (unpaired) electrons. The van der Waals surface area contributed by atoms with Gasteiger partial charge in [-0.25, -0.2) is 0 Å². The minimum atomic E-state index is -2.40. The highest BCUT2D eigenvalue weighted by Crippen LogP contribution is 2.31. The molecule has 0 aromatic heterocycles. The summed E-state index contributed by atoms with van der Waals surface area (Å²) in [6, 6.07) is 0. The Kier molecular flexibility index (Phi) is 54.2. The SMILES string of the molecule is [B]B([B])B([B])B(B([B])[B])B(B(B(B([B])[B])B([B])[B])B(B([B])[B])B([B])[B])B(B(B(B([B])[B])B([B])[B])B(B([B])[B])B([B])[B])B(B(B(B(B([B])[B])B([B])[B])B(B([B])[B])B([B])[B])B(B(B([B])[B])B([B])[B])B(B([B])[B])B([B])[B])B(B(B(B([B])[B])B([B])[B])B(B([B])[B])B([B])[B])B(B(B([B])[B])B([B])[B])B(B([B])[B])B([B])[B]. The lowest BCUT2D eigenvalue weighted by molar-refractivity contribution is 3.12. The third kappa shape index (κ3) is 29.5. The lowest BCUT2D eigenvalue weighted by Gasteiger charge is -2.63. The van der Waals surface area contributed by atoms with Crippen molar-refractivity contribution in [1.29, 1.82) is 0 Å². The Balaban J connectivity index is 15.0. The molecule has 0 spiro atoms. The van der Waals surface area contributed by atoms with E-state index in [2.05, 4.69) is 0 Å². The van der Waals surface area contributed by atoms with Crippen LogP contribution in [0.4, 0.5) is 0 Å². The van der Waals surface area contributed by atoms with Crippen molar-refractivity contribution in [3.8, 4) is 0 Å². The molecule has 104 heavy (non-hydrogen) atoms. The minimum absolute atomic E-state index is 1.80. The summed E-state index contributed by atoms with van der Waals surface area (Å²) in [6.07, 6.45) is -99.3. The van der Waals surface area contributed by atoms with E-state index in [1.807, 2.05) is 0 Å². The van der Waals surface area contributed by atoms with Gasteiger partial charge in [0.25, 0.3) is 0 Å². The highest BCUT2D eigenvalue weighted by atomic mass is 13.5. The highest BCUT2D eigenvalue weighted by Gasteiger charge is 2.69. The molecule has 0 N–H and O–H groups in total. The topological polar surface area (TPSA) is 0 Å². The maximum atomic E-state index is 7.56. The van der Waals surface area contributed by atoms with E-state index in [-0.39, 0.29) is 0 Å². The highest BCUT2D eigenvalue weighted by molar-refractivity contribution is 8.44. The summed E-state index contributed by atoms with van der Waals surface area (Å²) in [5.41, 5.74) is 0. The second-order valence-corrected chi connectivity index (χ2v) is 29.4. The fourth-order valence-corrected chi connectivity index (χ4v) is 18.7. The molecule has 0 nitrogen and oxygen atoms in total. The Hall–Kier alpha value is 6.75. The van der Waals surface area contributed by atoms with Crippen LogP contribution in [0.15, 0.2) is 0 Å². The van der Waals surface area contributed by atoms with Crippen molar-refractivity contribution in [3.63, 3.8) is 0 Å². The van der Waals surface area contributed by atoms with E-state index in [0.717, 1.165) is 0 Å². The van der Waals surface area contributed by atoms with E-state index in [1.54, 1.807) is 0 Å². The monoisotopic (exact) mass is 1140 g/mol. The van der Waals surface area contributed by atoms with Crippen molar-refractivity contribution in [2.75, 3.05) is 0 Å². The van der Waals surface area contributed by atoms with Gasteiger partial charge in [-0.05, 0) is 0 Å². The summed E-state index contributed by atoms with van der Waals surface area (Å²) in [5.74, 6) is 0. The van der Waals surface area contributed by atoms with Gasteiger partial charge >= 0.3 is 0 Å². The first-order valence-electron chi connectivity index (χ1n) is 34.3. The molecule has 0 amide bonds. The van der Waals surface area contributed by atoms with Crippen molar-refractivity contribution < 1.29 is 0 Å². The molecule has 0 rings (SSSR count). The summed E-state index contributed by atoms with van der Waals surface area (Å²) in [5, 5.41) is 0. The van der Waals surface area contributed by atoms with Gasteiger partial charge in [0.15, 0.2) is 0 Å². The molecular weight excluding hydrogens is 1120 g/mol. The maximum absolute atomic E-state index is 7.56. The van der Waals surface area contributed by atoms with Gasteiger partial charge in [-0.1, -0.05) is 0 Å². The molecule has 0 atom stereocenters. The van der Waals surface area contributed by atoms with Gasteiger partial charge in [-0.3, -0.25) is 0 Å². The minimum Gasteiger partial charge on any atom is 0 e. The van der Waals surface area contributed by atoms with Crippen molar-refractivity contribution in [2.45, 2.75) is 0 Å². The van der Waals surface area contributed by atoms with Crippen LogP contribution < -0.4 is 0 Å². The molecule has 0 saturated heterocycles. The van der Waals surface area contributed by atoms with E-state index < -0.39 is 326 Å². The summed E-state index contributed by atoms with van der Waals surface area (Å²) < 4.78 is 0. The molecule has 0 unspecified atom stereocenters. The van der Waals surface area contributed by atoms with Gasteiger partial charge in [0.1, 0.15) is 0 Å². The van der Waals surface area contributed by atoms with Crippen LogP contribution in [0.3, 0.4) is 0 Å². The van der Waals surface area contributed by atoms with Crippen LogP contribution in [0.5, 0.6) is 0 Å². The standard InChI is InChI=1S/B104/c1-54(2)80(53)93(79(51)52)100(94(81(55(3)4)56(5)6)82(57(7)8)58(9)10)103(99(91(75(43)44)76(45)46)92(77(47)48)78(49)50)104(101(95(83(59(11)12)60(13)14)84(61(15)16)62(17)18)96(85(63(19)20)64(21)22)86(65(23)24)66(25)26)102(97(87(67(27)28)68(29)30)88(69(31)32)70(33)34)98(89(71(35)36)72(37)38)90(73(39)40)74(41)42. The average Bonchev–Trinajstić information content (AvgIpc) is 3.41. The normalized spacial score (nSPS) is 9.85. The van der Waals surface area contributed by atoms with Crippen LogP contribution in [-0.2, 0) is 0 Å². The van der Waals surface area contributed by atoms with Crippen LogP contribution in [0.1, 0.15) is 0 Å². The van der Waals surface area contributed by atoms with Crippen molar-refractivity contribution in [2.24, 2.45) is 0 Å². The van der Waals surface area contributed by atoms with E-state index in [0.29, 0.717) is 0 Å².